The van der Waals surface area contributed by atoms with Gasteiger partial charge in [-0.2, -0.15) is 4.98 Å². The van der Waals surface area contributed by atoms with Gasteiger partial charge in [-0.3, -0.25) is 0 Å². The molecule has 0 atom stereocenters. The first-order chi connectivity index (χ1) is 9.31. The zero-order chi connectivity index (χ0) is 13.5. The van der Waals surface area contributed by atoms with Gasteiger partial charge in [0, 0.05) is 18.8 Å². The maximum Gasteiger partial charge on any atom is 0.225 e. The molecule has 5 nitrogen and oxygen atoms in total. The average molecular weight is 259 g/mol. The van der Waals surface area contributed by atoms with E-state index in [1.54, 1.807) is 19.4 Å². The lowest BCUT2D eigenvalue weighted by molar-refractivity contribution is 0.293. The van der Waals surface area contributed by atoms with Gasteiger partial charge < -0.3 is 14.8 Å². The summed E-state index contributed by atoms with van der Waals surface area (Å²) in [5.41, 5.74) is 1.06. The summed E-state index contributed by atoms with van der Waals surface area (Å²) in [6.07, 6.45) is 1.67. The molecule has 0 radical (unpaired) electrons. The molecule has 2 rings (SSSR count). The lowest BCUT2D eigenvalue weighted by atomic mass is 10.2. The van der Waals surface area contributed by atoms with E-state index in [0.717, 1.165) is 17.9 Å². The highest BCUT2D eigenvalue weighted by atomic mass is 16.5. The maximum absolute atomic E-state index is 5.62. The number of nitrogens with zero attached hydrogens (tertiary/aromatic N) is 2. The van der Waals surface area contributed by atoms with Crippen molar-refractivity contribution < 1.29 is 9.47 Å². The van der Waals surface area contributed by atoms with Crippen LogP contribution in [0.4, 0.5) is 5.95 Å². The molecule has 0 bridgehead atoms. The van der Waals surface area contributed by atoms with Crippen molar-refractivity contribution in [3.8, 4) is 11.6 Å². The van der Waals surface area contributed by atoms with Gasteiger partial charge in [0.25, 0.3) is 0 Å². The van der Waals surface area contributed by atoms with Crippen LogP contribution in [0.3, 0.4) is 0 Å². The average Bonchev–Trinajstić information content (AvgIpc) is 2.46. The standard InChI is InChI=1S/C14H17N3O2/c1-3-15-14-16-9-8-13(17-14)19-10-11-4-6-12(18-2)7-5-11/h4-9H,3,10H2,1-2H3,(H,15,16,17). The summed E-state index contributed by atoms with van der Waals surface area (Å²) in [6, 6.07) is 9.48. The first-order valence-corrected chi connectivity index (χ1v) is 6.14. The molecule has 5 heteroatoms. The molecule has 0 aliphatic carbocycles. The Bertz CT molecular complexity index is 514. The number of methoxy groups -OCH3 is 1. The van der Waals surface area contributed by atoms with Gasteiger partial charge in [-0.1, -0.05) is 12.1 Å². The number of benzene rings is 1. The molecule has 0 spiro atoms. The summed E-state index contributed by atoms with van der Waals surface area (Å²) in [5.74, 6) is 1.97. The predicted octanol–water partition coefficient (Wildman–Crippen LogP) is 2.50. The van der Waals surface area contributed by atoms with Crippen LogP contribution >= 0.6 is 0 Å². The Balaban J connectivity index is 1.95. The normalized spacial score (nSPS) is 10.0. The minimum absolute atomic E-state index is 0.465. The molecule has 1 aromatic heterocycles. The van der Waals surface area contributed by atoms with Gasteiger partial charge in [0.1, 0.15) is 12.4 Å². The van der Waals surface area contributed by atoms with Crippen molar-refractivity contribution >= 4 is 5.95 Å². The summed E-state index contributed by atoms with van der Waals surface area (Å²) in [7, 11) is 1.65. The SMILES string of the molecule is CCNc1nccc(OCc2ccc(OC)cc2)n1. The van der Waals surface area contributed by atoms with Crippen LogP contribution in [0.5, 0.6) is 11.6 Å². The van der Waals surface area contributed by atoms with Gasteiger partial charge in [-0.15, -0.1) is 0 Å². The Morgan fingerprint density at radius 1 is 1.16 bits per heavy atom. The molecule has 0 amide bonds. The fraction of sp³-hybridized carbons (Fsp3) is 0.286. The highest BCUT2D eigenvalue weighted by Crippen LogP contribution is 2.14. The first-order valence-electron chi connectivity index (χ1n) is 6.14. The molecule has 1 N–H and O–H groups in total. The zero-order valence-corrected chi connectivity index (χ0v) is 11.1. The zero-order valence-electron chi connectivity index (χ0n) is 11.1. The minimum atomic E-state index is 0.465. The second kappa shape index (κ2) is 6.58. The molecule has 2 aromatic rings. The van der Waals surface area contributed by atoms with Crippen LogP contribution < -0.4 is 14.8 Å². The van der Waals surface area contributed by atoms with Crippen LogP contribution in [0.2, 0.25) is 0 Å². The van der Waals surface area contributed by atoms with Crippen molar-refractivity contribution in [2.45, 2.75) is 13.5 Å². The molecular formula is C14H17N3O2. The summed E-state index contributed by atoms with van der Waals surface area (Å²) >= 11 is 0. The molecule has 0 aliphatic rings. The van der Waals surface area contributed by atoms with Gasteiger partial charge in [-0.25, -0.2) is 4.98 Å². The van der Waals surface area contributed by atoms with Crippen molar-refractivity contribution in [2.24, 2.45) is 0 Å². The predicted molar refractivity (Wildman–Crippen MR) is 73.5 cm³/mol. The van der Waals surface area contributed by atoms with Crippen LogP contribution in [0.25, 0.3) is 0 Å². The number of hydrogen-bond donors (Lipinski definition) is 1. The minimum Gasteiger partial charge on any atom is -0.497 e. The van der Waals surface area contributed by atoms with E-state index < -0.39 is 0 Å². The summed E-state index contributed by atoms with van der Waals surface area (Å²) in [5, 5.41) is 3.04. The number of hydrogen-bond acceptors (Lipinski definition) is 5. The topological polar surface area (TPSA) is 56.3 Å². The van der Waals surface area contributed by atoms with E-state index in [1.165, 1.54) is 0 Å². The lowest BCUT2D eigenvalue weighted by Gasteiger charge is -2.07. The molecule has 0 unspecified atom stereocenters. The highest BCUT2D eigenvalue weighted by Gasteiger charge is 2.00. The first kappa shape index (κ1) is 13.1. The van der Waals surface area contributed by atoms with Crippen molar-refractivity contribution in [3.05, 3.63) is 42.1 Å². The quantitative estimate of drug-likeness (QED) is 0.863. The molecule has 19 heavy (non-hydrogen) atoms. The molecule has 0 fully saturated rings. The summed E-state index contributed by atoms with van der Waals surface area (Å²) in [4.78, 5) is 8.33. The fourth-order valence-corrected chi connectivity index (χ4v) is 1.54. The Labute approximate surface area is 112 Å². The third kappa shape index (κ3) is 3.84. The van der Waals surface area contributed by atoms with E-state index in [1.807, 2.05) is 31.2 Å². The molecule has 100 valence electrons. The molecular weight excluding hydrogens is 242 g/mol. The second-order valence-electron chi connectivity index (χ2n) is 3.89. The van der Waals surface area contributed by atoms with E-state index in [-0.39, 0.29) is 0 Å². The van der Waals surface area contributed by atoms with Crippen LogP contribution in [0.1, 0.15) is 12.5 Å². The number of nitrogens with one attached hydrogen (secondary N) is 1. The largest absolute Gasteiger partial charge is 0.497 e. The van der Waals surface area contributed by atoms with Crippen molar-refractivity contribution in [1.29, 1.82) is 0 Å². The van der Waals surface area contributed by atoms with Crippen molar-refractivity contribution in [3.63, 3.8) is 0 Å². The lowest BCUT2D eigenvalue weighted by Crippen LogP contribution is -2.04. The Morgan fingerprint density at radius 3 is 2.63 bits per heavy atom. The fourth-order valence-electron chi connectivity index (χ4n) is 1.54. The summed E-state index contributed by atoms with van der Waals surface area (Å²) in [6.45, 7) is 3.24. The van der Waals surface area contributed by atoms with Crippen molar-refractivity contribution in [1.82, 2.24) is 9.97 Å². The van der Waals surface area contributed by atoms with Gasteiger partial charge in [0.05, 0.1) is 7.11 Å². The Hall–Kier alpha value is -2.30. The number of aromatic nitrogens is 2. The summed E-state index contributed by atoms with van der Waals surface area (Å²) < 4.78 is 10.7. The smallest absolute Gasteiger partial charge is 0.225 e. The molecule has 0 aliphatic heterocycles. The monoisotopic (exact) mass is 259 g/mol. The van der Waals surface area contributed by atoms with Crippen molar-refractivity contribution in [2.75, 3.05) is 19.0 Å². The van der Waals surface area contributed by atoms with Gasteiger partial charge >= 0.3 is 0 Å². The third-order valence-corrected chi connectivity index (χ3v) is 2.51. The van der Waals surface area contributed by atoms with Gasteiger partial charge in [0.2, 0.25) is 11.8 Å². The van der Waals surface area contributed by atoms with E-state index in [0.29, 0.717) is 18.4 Å². The molecule has 0 saturated heterocycles. The molecule has 0 saturated carbocycles. The van der Waals surface area contributed by atoms with E-state index in [9.17, 15) is 0 Å². The number of anilines is 1. The van der Waals surface area contributed by atoms with Crippen LogP contribution in [-0.4, -0.2) is 23.6 Å². The van der Waals surface area contributed by atoms with Crippen LogP contribution in [0, 0.1) is 0 Å². The maximum atomic E-state index is 5.62. The van der Waals surface area contributed by atoms with E-state index in [2.05, 4.69) is 15.3 Å². The molecule has 1 heterocycles. The van der Waals surface area contributed by atoms with Gasteiger partial charge in [-0.05, 0) is 24.6 Å². The Morgan fingerprint density at radius 2 is 1.95 bits per heavy atom. The number of ether oxygens (including phenoxy) is 2. The highest BCUT2D eigenvalue weighted by molar-refractivity contribution is 5.28. The second-order valence-corrected chi connectivity index (χ2v) is 3.89. The van der Waals surface area contributed by atoms with Crippen LogP contribution in [0.15, 0.2) is 36.5 Å². The third-order valence-electron chi connectivity index (χ3n) is 2.51. The van der Waals surface area contributed by atoms with Crippen LogP contribution in [-0.2, 0) is 6.61 Å². The Kier molecular flexibility index (Phi) is 4.55. The van der Waals surface area contributed by atoms with E-state index in [4.69, 9.17) is 9.47 Å². The molecule has 1 aromatic carbocycles. The number of rotatable bonds is 6. The van der Waals surface area contributed by atoms with E-state index >= 15 is 0 Å². The van der Waals surface area contributed by atoms with Gasteiger partial charge in [0.15, 0.2) is 0 Å².